The molecule has 0 radical (unpaired) electrons. The van der Waals surface area contributed by atoms with Crippen molar-refractivity contribution in [3.05, 3.63) is 35.6 Å². The zero-order chi connectivity index (χ0) is 17.5. The highest BCUT2D eigenvalue weighted by Crippen LogP contribution is 2.40. The number of likely N-dealkylation sites (tertiary alicyclic amines) is 2. The molecule has 0 atom stereocenters. The topological polar surface area (TPSA) is 49.9 Å². The summed E-state index contributed by atoms with van der Waals surface area (Å²) in [6.45, 7) is 8.17. The molecule has 0 aromatic heterocycles. The first-order valence-corrected chi connectivity index (χ1v) is 8.16. The predicted octanol–water partition coefficient (Wildman–Crippen LogP) is 2.45. The van der Waals surface area contributed by atoms with E-state index in [0.717, 1.165) is 5.56 Å². The largest absolute Gasteiger partial charge is 0.444 e. The maximum atomic E-state index is 12.9. The second-order valence-electron chi connectivity index (χ2n) is 7.89. The van der Waals surface area contributed by atoms with Gasteiger partial charge >= 0.3 is 6.09 Å². The lowest BCUT2D eigenvalue weighted by Crippen LogP contribution is -2.74. The van der Waals surface area contributed by atoms with Crippen LogP contribution >= 0.6 is 0 Å². The van der Waals surface area contributed by atoms with Crippen molar-refractivity contribution in [2.24, 2.45) is 5.41 Å². The molecule has 0 N–H and O–H groups in total. The van der Waals surface area contributed by atoms with Crippen LogP contribution in [0.1, 0.15) is 26.3 Å². The summed E-state index contributed by atoms with van der Waals surface area (Å²) in [7, 11) is 0. The van der Waals surface area contributed by atoms with E-state index in [9.17, 15) is 14.0 Å². The zero-order valence-corrected chi connectivity index (χ0v) is 14.3. The molecule has 0 saturated carbocycles. The molecule has 0 aliphatic carbocycles. The van der Waals surface area contributed by atoms with Crippen LogP contribution in [0.25, 0.3) is 0 Å². The highest BCUT2D eigenvalue weighted by molar-refractivity contribution is 5.80. The van der Waals surface area contributed by atoms with Crippen LogP contribution in [0.4, 0.5) is 9.18 Å². The molecule has 5 nitrogen and oxygen atoms in total. The first kappa shape index (κ1) is 16.7. The molecular weight excluding hydrogens is 311 g/mol. The van der Waals surface area contributed by atoms with E-state index >= 15 is 0 Å². The maximum Gasteiger partial charge on any atom is 0.410 e. The average molecular weight is 334 g/mol. The van der Waals surface area contributed by atoms with Crippen molar-refractivity contribution in [1.29, 1.82) is 0 Å². The molecule has 2 saturated heterocycles. The monoisotopic (exact) mass is 334 g/mol. The minimum absolute atomic E-state index is 0.0371. The molecule has 1 spiro atoms. The van der Waals surface area contributed by atoms with Gasteiger partial charge in [0.2, 0.25) is 5.91 Å². The van der Waals surface area contributed by atoms with E-state index in [1.165, 1.54) is 12.1 Å². The molecule has 2 fully saturated rings. The van der Waals surface area contributed by atoms with Gasteiger partial charge in [0.05, 0.1) is 6.42 Å². The molecule has 1 aromatic carbocycles. The molecule has 1 aromatic rings. The molecule has 130 valence electrons. The summed E-state index contributed by atoms with van der Waals surface area (Å²) in [6.07, 6.45) is -0.00390. The van der Waals surface area contributed by atoms with Crippen molar-refractivity contribution in [2.75, 3.05) is 26.2 Å². The summed E-state index contributed by atoms with van der Waals surface area (Å²) in [6, 6.07) is 6.00. The fourth-order valence-corrected chi connectivity index (χ4v) is 3.25. The van der Waals surface area contributed by atoms with Gasteiger partial charge in [0.15, 0.2) is 0 Å². The fourth-order valence-electron chi connectivity index (χ4n) is 3.25. The standard InChI is InChI=1S/C18H23FN2O3/c1-17(2,3)24-16(23)21-11-18(12-21)9-20(10-18)15(22)8-13-4-6-14(19)7-5-13/h4-7H,8-12H2,1-3H3. The fraction of sp³-hybridized carbons (Fsp3) is 0.556. The average Bonchev–Trinajstić information content (AvgIpc) is 2.36. The quantitative estimate of drug-likeness (QED) is 0.835. The van der Waals surface area contributed by atoms with Gasteiger partial charge in [0, 0.05) is 31.6 Å². The van der Waals surface area contributed by atoms with E-state index in [2.05, 4.69) is 0 Å². The van der Waals surface area contributed by atoms with Crippen molar-refractivity contribution in [2.45, 2.75) is 32.8 Å². The molecule has 24 heavy (non-hydrogen) atoms. The van der Waals surface area contributed by atoms with E-state index in [4.69, 9.17) is 4.74 Å². The van der Waals surface area contributed by atoms with Gasteiger partial charge < -0.3 is 14.5 Å². The molecular formula is C18H23FN2O3. The second kappa shape index (κ2) is 5.76. The van der Waals surface area contributed by atoms with E-state index in [-0.39, 0.29) is 29.7 Å². The van der Waals surface area contributed by atoms with Crippen molar-refractivity contribution in [3.8, 4) is 0 Å². The van der Waals surface area contributed by atoms with Gasteiger partial charge in [0.25, 0.3) is 0 Å². The zero-order valence-electron chi connectivity index (χ0n) is 14.3. The van der Waals surface area contributed by atoms with Gasteiger partial charge in [-0.05, 0) is 38.5 Å². The summed E-state index contributed by atoms with van der Waals surface area (Å²) >= 11 is 0. The number of carbonyl (C=O) groups excluding carboxylic acids is 2. The van der Waals surface area contributed by atoms with Crippen LogP contribution in [-0.2, 0) is 16.0 Å². The van der Waals surface area contributed by atoms with Crippen LogP contribution in [0, 0.1) is 11.2 Å². The third kappa shape index (κ3) is 3.52. The third-order valence-corrected chi connectivity index (χ3v) is 4.38. The van der Waals surface area contributed by atoms with E-state index in [1.807, 2.05) is 20.8 Å². The number of rotatable bonds is 2. The minimum atomic E-state index is -0.489. The van der Waals surface area contributed by atoms with E-state index in [0.29, 0.717) is 26.2 Å². The van der Waals surface area contributed by atoms with Gasteiger partial charge in [-0.3, -0.25) is 4.79 Å². The normalized spacial score (nSPS) is 18.8. The first-order valence-electron chi connectivity index (χ1n) is 8.16. The molecule has 2 aliphatic heterocycles. The number of hydrogen-bond donors (Lipinski definition) is 0. The summed E-state index contributed by atoms with van der Waals surface area (Å²) in [4.78, 5) is 27.7. The molecule has 2 heterocycles. The highest BCUT2D eigenvalue weighted by atomic mass is 19.1. The van der Waals surface area contributed by atoms with E-state index < -0.39 is 5.60 Å². The SMILES string of the molecule is CC(C)(C)OC(=O)N1CC2(CN(C(=O)Cc3ccc(F)cc3)C2)C1. The number of halogens is 1. The first-order chi connectivity index (χ1) is 11.2. The number of amides is 2. The Labute approximate surface area is 141 Å². The Morgan fingerprint density at radius 2 is 1.62 bits per heavy atom. The van der Waals surface area contributed by atoms with Crippen molar-refractivity contribution >= 4 is 12.0 Å². The van der Waals surface area contributed by atoms with E-state index in [1.54, 1.807) is 21.9 Å². The van der Waals surface area contributed by atoms with Crippen molar-refractivity contribution in [1.82, 2.24) is 9.80 Å². The lowest BCUT2D eigenvalue weighted by atomic mass is 9.73. The molecule has 0 unspecified atom stereocenters. The summed E-state index contributed by atoms with van der Waals surface area (Å²) < 4.78 is 18.2. The molecule has 0 bridgehead atoms. The predicted molar refractivity (Wildman–Crippen MR) is 86.9 cm³/mol. The smallest absolute Gasteiger partial charge is 0.410 e. The van der Waals surface area contributed by atoms with Gasteiger partial charge in [-0.15, -0.1) is 0 Å². The lowest BCUT2D eigenvalue weighted by Gasteiger charge is -2.59. The van der Waals surface area contributed by atoms with Crippen LogP contribution in [0.5, 0.6) is 0 Å². The third-order valence-electron chi connectivity index (χ3n) is 4.38. The number of nitrogens with zero attached hydrogens (tertiary/aromatic N) is 2. The highest BCUT2D eigenvalue weighted by Gasteiger charge is 2.55. The maximum absolute atomic E-state index is 12.9. The molecule has 6 heteroatoms. The Morgan fingerprint density at radius 3 is 2.17 bits per heavy atom. The summed E-state index contributed by atoms with van der Waals surface area (Å²) in [5.41, 5.74) is 0.359. The Balaban J connectivity index is 1.44. The molecule has 3 rings (SSSR count). The number of hydrogen-bond acceptors (Lipinski definition) is 3. The van der Waals surface area contributed by atoms with Crippen LogP contribution in [0.15, 0.2) is 24.3 Å². The number of benzene rings is 1. The Bertz CT molecular complexity index is 637. The lowest BCUT2D eigenvalue weighted by molar-refractivity contribution is -0.156. The Kier molecular flexibility index (Phi) is 4.01. The van der Waals surface area contributed by atoms with Gasteiger partial charge in [-0.2, -0.15) is 0 Å². The van der Waals surface area contributed by atoms with Crippen LogP contribution in [-0.4, -0.2) is 53.6 Å². The van der Waals surface area contributed by atoms with Crippen molar-refractivity contribution in [3.63, 3.8) is 0 Å². The number of carbonyl (C=O) groups is 2. The van der Waals surface area contributed by atoms with Gasteiger partial charge in [0.1, 0.15) is 11.4 Å². The van der Waals surface area contributed by atoms with Crippen LogP contribution < -0.4 is 0 Å². The molecule has 2 amide bonds. The van der Waals surface area contributed by atoms with Crippen LogP contribution in [0.3, 0.4) is 0 Å². The Hall–Kier alpha value is -2.11. The summed E-state index contributed by atoms with van der Waals surface area (Å²) in [5.74, 6) is -0.256. The second-order valence-corrected chi connectivity index (χ2v) is 7.89. The van der Waals surface area contributed by atoms with Gasteiger partial charge in [-0.1, -0.05) is 12.1 Å². The summed E-state index contributed by atoms with van der Waals surface area (Å²) in [5, 5.41) is 0. The van der Waals surface area contributed by atoms with Gasteiger partial charge in [-0.25, -0.2) is 9.18 Å². The number of ether oxygens (including phenoxy) is 1. The minimum Gasteiger partial charge on any atom is -0.444 e. The van der Waals surface area contributed by atoms with Crippen molar-refractivity contribution < 1.29 is 18.7 Å². The Morgan fingerprint density at radius 1 is 1.08 bits per heavy atom. The van der Waals surface area contributed by atoms with Crippen LogP contribution in [0.2, 0.25) is 0 Å². The molecule has 2 aliphatic rings.